The van der Waals surface area contributed by atoms with Gasteiger partial charge in [-0.1, -0.05) is 12.5 Å². The lowest BCUT2D eigenvalue weighted by molar-refractivity contribution is -0.384. The largest absolute Gasteiger partial charge is 0.383 e. The van der Waals surface area contributed by atoms with E-state index in [4.69, 9.17) is 0 Å². The zero-order valence-electron chi connectivity index (χ0n) is 11.8. The highest BCUT2D eigenvalue weighted by Gasteiger charge is 2.41. The Hall–Kier alpha value is -2.15. The molecule has 21 heavy (non-hydrogen) atoms. The lowest BCUT2D eigenvalue weighted by Crippen LogP contribution is -2.38. The molecule has 1 aromatic carbocycles. The molecule has 2 fully saturated rings. The molecule has 0 aromatic heterocycles. The zero-order chi connectivity index (χ0) is 15.0. The van der Waals surface area contributed by atoms with Crippen LogP contribution in [0.4, 0.5) is 11.4 Å². The number of nitro benzene ring substituents is 1. The van der Waals surface area contributed by atoms with Crippen molar-refractivity contribution in [2.75, 3.05) is 18.9 Å². The third kappa shape index (κ3) is 2.33. The molecule has 0 radical (unpaired) electrons. The summed E-state index contributed by atoms with van der Waals surface area (Å²) in [6, 6.07) is 4.98. The monoisotopic (exact) mass is 290 g/mol. The predicted octanol–water partition coefficient (Wildman–Crippen LogP) is 1.62. The molecule has 0 aliphatic carbocycles. The Morgan fingerprint density at radius 3 is 2.95 bits per heavy atom. The molecule has 2 saturated heterocycles. The lowest BCUT2D eigenvalue weighted by atomic mass is 10.0. The molecule has 2 atom stereocenters. The molecule has 2 N–H and O–H groups in total. The van der Waals surface area contributed by atoms with Crippen LogP contribution >= 0.6 is 0 Å². The van der Waals surface area contributed by atoms with E-state index in [0.29, 0.717) is 5.69 Å². The van der Waals surface area contributed by atoms with Gasteiger partial charge in [0.1, 0.15) is 11.9 Å². The minimum Gasteiger partial charge on any atom is -0.383 e. The van der Waals surface area contributed by atoms with E-state index in [9.17, 15) is 14.9 Å². The van der Waals surface area contributed by atoms with Gasteiger partial charge in [0.25, 0.3) is 5.69 Å². The number of carbonyl (C=O) groups excluding carboxylic acids is 1. The molecule has 1 amide bonds. The molecule has 7 heteroatoms. The van der Waals surface area contributed by atoms with Gasteiger partial charge in [0, 0.05) is 19.7 Å². The number of nitro groups is 1. The smallest absolute Gasteiger partial charge is 0.292 e. The Kier molecular flexibility index (Phi) is 3.50. The molecule has 2 aliphatic heterocycles. The topological polar surface area (TPSA) is 87.5 Å². The van der Waals surface area contributed by atoms with Gasteiger partial charge in [-0.2, -0.15) is 0 Å². The molecule has 112 valence electrons. The Bertz CT molecular complexity index is 590. The minimum atomic E-state index is -0.403. The summed E-state index contributed by atoms with van der Waals surface area (Å²) in [6.07, 6.45) is 2.71. The second-order valence-electron chi connectivity index (χ2n) is 5.44. The van der Waals surface area contributed by atoms with Crippen molar-refractivity contribution in [3.63, 3.8) is 0 Å². The van der Waals surface area contributed by atoms with Crippen LogP contribution in [0, 0.1) is 10.1 Å². The van der Waals surface area contributed by atoms with E-state index in [0.717, 1.165) is 31.4 Å². The van der Waals surface area contributed by atoms with Crippen LogP contribution in [-0.4, -0.2) is 35.4 Å². The SMILES string of the molecule is CNc1ccc([C@@H]2NC(=O)[C@@H]3CCCCN32)cc1[N+](=O)[O-]. The summed E-state index contributed by atoms with van der Waals surface area (Å²) in [7, 11) is 1.65. The molecule has 1 aromatic rings. The van der Waals surface area contributed by atoms with Crippen molar-refractivity contribution in [2.45, 2.75) is 31.5 Å². The molecule has 2 heterocycles. The average molecular weight is 290 g/mol. The number of nitrogens with zero attached hydrogens (tertiary/aromatic N) is 2. The Morgan fingerprint density at radius 2 is 2.24 bits per heavy atom. The Labute approximate surface area is 122 Å². The number of nitrogens with one attached hydrogen (secondary N) is 2. The summed E-state index contributed by atoms with van der Waals surface area (Å²) < 4.78 is 0. The normalized spacial score (nSPS) is 25.3. The summed E-state index contributed by atoms with van der Waals surface area (Å²) in [5.41, 5.74) is 1.27. The van der Waals surface area contributed by atoms with Crippen LogP contribution in [0.25, 0.3) is 0 Å². The van der Waals surface area contributed by atoms with E-state index in [1.807, 2.05) is 6.07 Å². The van der Waals surface area contributed by atoms with E-state index >= 15 is 0 Å². The van der Waals surface area contributed by atoms with E-state index < -0.39 is 4.92 Å². The molecule has 3 rings (SSSR count). The van der Waals surface area contributed by atoms with Gasteiger partial charge in [-0.05, 0) is 24.5 Å². The van der Waals surface area contributed by atoms with Crippen LogP contribution in [0.3, 0.4) is 0 Å². The van der Waals surface area contributed by atoms with Crippen LogP contribution in [0.1, 0.15) is 31.0 Å². The van der Waals surface area contributed by atoms with E-state index in [1.165, 1.54) is 0 Å². The molecule has 0 saturated carbocycles. The van der Waals surface area contributed by atoms with Crippen molar-refractivity contribution in [1.29, 1.82) is 0 Å². The first kappa shape index (κ1) is 13.8. The van der Waals surface area contributed by atoms with Crippen molar-refractivity contribution in [1.82, 2.24) is 10.2 Å². The van der Waals surface area contributed by atoms with Gasteiger partial charge in [0.2, 0.25) is 5.91 Å². The van der Waals surface area contributed by atoms with Crippen molar-refractivity contribution in [2.24, 2.45) is 0 Å². The maximum absolute atomic E-state index is 12.0. The van der Waals surface area contributed by atoms with Crippen LogP contribution in [-0.2, 0) is 4.79 Å². The lowest BCUT2D eigenvalue weighted by Gasteiger charge is -2.31. The van der Waals surface area contributed by atoms with Crippen LogP contribution in [0.2, 0.25) is 0 Å². The maximum atomic E-state index is 12.0. The second kappa shape index (κ2) is 5.33. The molecule has 2 aliphatic rings. The standard InChI is InChI=1S/C14H18N4O3/c1-15-10-6-5-9(8-12(10)18(20)21)13-16-14(19)11-4-2-3-7-17(11)13/h5-6,8,11,13,15H,2-4,7H2,1H3,(H,16,19)/t11-,13+/m0/s1. The number of hydrogen-bond donors (Lipinski definition) is 2. The van der Waals surface area contributed by atoms with Crippen molar-refractivity contribution >= 4 is 17.3 Å². The van der Waals surface area contributed by atoms with Crippen molar-refractivity contribution in [3.8, 4) is 0 Å². The van der Waals surface area contributed by atoms with E-state index in [1.54, 1.807) is 19.2 Å². The second-order valence-corrected chi connectivity index (χ2v) is 5.44. The summed E-state index contributed by atoms with van der Waals surface area (Å²) in [6.45, 7) is 0.843. The summed E-state index contributed by atoms with van der Waals surface area (Å²) >= 11 is 0. The van der Waals surface area contributed by atoms with Gasteiger partial charge >= 0.3 is 0 Å². The summed E-state index contributed by atoms with van der Waals surface area (Å²) in [5.74, 6) is 0.0278. The maximum Gasteiger partial charge on any atom is 0.292 e. The van der Waals surface area contributed by atoms with Crippen molar-refractivity contribution in [3.05, 3.63) is 33.9 Å². The Morgan fingerprint density at radius 1 is 1.43 bits per heavy atom. The quantitative estimate of drug-likeness (QED) is 0.652. The molecular weight excluding hydrogens is 272 g/mol. The van der Waals surface area contributed by atoms with Crippen LogP contribution in [0.15, 0.2) is 18.2 Å². The third-order valence-corrected chi connectivity index (χ3v) is 4.26. The van der Waals surface area contributed by atoms with E-state index in [-0.39, 0.29) is 23.8 Å². The highest BCUT2D eigenvalue weighted by Crippen LogP contribution is 2.35. The molecular formula is C14H18N4O3. The Balaban J connectivity index is 1.95. The zero-order valence-corrected chi connectivity index (χ0v) is 11.8. The number of hydrogen-bond acceptors (Lipinski definition) is 5. The minimum absolute atomic E-state index is 0.0278. The number of anilines is 1. The van der Waals surface area contributed by atoms with Gasteiger partial charge < -0.3 is 10.6 Å². The predicted molar refractivity (Wildman–Crippen MR) is 77.9 cm³/mol. The van der Waals surface area contributed by atoms with Gasteiger partial charge in [0.05, 0.1) is 11.0 Å². The number of rotatable bonds is 3. The number of amides is 1. The molecule has 0 spiro atoms. The highest BCUT2D eigenvalue weighted by atomic mass is 16.6. The fourth-order valence-electron chi connectivity index (χ4n) is 3.21. The molecule has 0 bridgehead atoms. The number of carbonyl (C=O) groups is 1. The third-order valence-electron chi connectivity index (χ3n) is 4.26. The first-order valence-corrected chi connectivity index (χ1v) is 7.14. The summed E-state index contributed by atoms with van der Waals surface area (Å²) in [5, 5.41) is 16.9. The van der Waals surface area contributed by atoms with E-state index in [2.05, 4.69) is 15.5 Å². The summed E-state index contributed by atoms with van der Waals surface area (Å²) in [4.78, 5) is 24.9. The van der Waals surface area contributed by atoms with Gasteiger partial charge in [0.15, 0.2) is 0 Å². The fourth-order valence-corrected chi connectivity index (χ4v) is 3.21. The van der Waals surface area contributed by atoms with Crippen LogP contribution in [0.5, 0.6) is 0 Å². The van der Waals surface area contributed by atoms with Gasteiger partial charge in [-0.3, -0.25) is 19.8 Å². The van der Waals surface area contributed by atoms with Crippen LogP contribution < -0.4 is 10.6 Å². The first-order valence-electron chi connectivity index (χ1n) is 7.14. The fraction of sp³-hybridized carbons (Fsp3) is 0.500. The number of benzene rings is 1. The van der Waals surface area contributed by atoms with Gasteiger partial charge in [-0.25, -0.2) is 0 Å². The first-order chi connectivity index (χ1) is 10.1. The van der Waals surface area contributed by atoms with Crippen molar-refractivity contribution < 1.29 is 9.72 Å². The number of fused-ring (bicyclic) bond motifs is 1. The highest BCUT2D eigenvalue weighted by molar-refractivity contribution is 5.84. The van der Waals surface area contributed by atoms with Gasteiger partial charge in [-0.15, -0.1) is 0 Å². The number of piperidine rings is 1. The average Bonchev–Trinajstić information content (AvgIpc) is 2.84. The molecule has 7 nitrogen and oxygen atoms in total. The molecule has 0 unspecified atom stereocenters.